The molecule has 2 rings (SSSR count). The number of aryl methyl sites for hydroxylation is 1. The van der Waals surface area contributed by atoms with E-state index in [0.29, 0.717) is 5.92 Å². The van der Waals surface area contributed by atoms with Crippen LogP contribution in [0.3, 0.4) is 0 Å². The molecule has 1 aliphatic heterocycles. The molecule has 0 atom stereocenters. The Hall–Kier alpha value is -0.870. The third-order valence-corrected chi connectivity index (χ3v) is 3.20. The van der Waals surface area contributed by atoms with Crippen LogP contribution in [0.2, 0.25) is 0 Å². The Bertz CT molecular complexity index is 315. The van der Waals surface area contributed by atoms with Gasteiger partial charge in [-0.15, -0.1) is 0 Å². The van der Waals surface area contributed by atoms with Gasteiger partial charge in [0.2, 0.25) is 0 Å². The number of hydrogen-bond acceptors (Lipinski definition) is 3. The zero-order valence-corrected chi connectivity index (χ0v) is 10.3. The maximum Gasteiger partial charge on any atom is 0.0948 e. The summed E-state index contributed by atoms with van der Waals surface area (Å²) in [5.41, 5.74) is 1.41. The molecular formula is C12H22N4. The minimum Gasteiger partial charge on any atom is -0.334 e. The summed E-state index contributed by atoms with van der Waals surface area (Å²) in [4.78, 5) is 6.50. The summed E-state index contributed by atoms with van der Waals surface area (Å²) < 4.78 is 2.32. The van der Waals surface area contributed by atoms with E-state index in [1.54, 1.807) is 0 Å². The van der Waals surface area contributed by atoms with Crippen LogP contribution in [0.1, 0.15) is 24.5 Å². The Kier molecular flexibility index (Phi) is 3.96. The molecular weight excluding hydrogens is 200 g/mol. The largest absolute Gasteiger partial charge is 0.334 e. The minimum atomic E-state index is 0.691. The highest BCUT2D eigenvalue weighted by atomic mass is 15.1. The normalized spacial score (nSPS) is 16.7. The van der Waals surface area contributed by atoms with Crippen molar-refractivity contribution in [2.75, 3.05) is 33.7 Å². The number of aromatic nitrogens is 2. The number of unbranched alkanes of at least 4 members (excludes halogenated alkanes) is 1. The second-order valence-corrected chi connectivity index (χ2v) is 4.88. The van der Waals surface area contributed by atoms with Gasteiger partial charge in [-0.05, 0) is 33.5 Å². The van der Waals surface area contributed by atoms with Crippen LogP contribution in [0.25, 0.3) is 0 Å². The van der Waals surface area contributed by atoms with E-state index in [4.69, 9.17) is 0 Å². The Balaban J connectivity index is 1.77. The lowest BCUT2D eigenvalue weighted by molar-refractivity contribution is 0.381. The number of hydrogen-bond donors (Lipinski definition) is 1. The van der Waals surface area contributed by atoms with Gasteiger partial charge in [0, 0.05) is 37.4 Å². The Morgan fingerprint density at radius 3 is 2.88 bits per heavy atom. The fourth-order valence-corrected chi connectivity index (χ4v) is 2.07. The second kappa shape index (κ2) is 5.46. The smallest absolute Gasteiger partial charge is 0.0948 e. The molecule has 4 nitrogen and oxygen atoms in total. The summed E-state index contributed by atoms with van der Waals surface area (Å²) in [5, 5.41) is 3.31. The monoisotopic (exact) mass is 222 g/mol. The highest BCUT2D eigenvalue weighted by Crippen LogP contribution is 2.19. The SMILES string of the molecule is CN(C)CCCCn1cncc1C1CNC1. The minimum absolute atomic E-state index is 0.691. The lowest BCUT2D eigenvalue weighted by Gasteiger charge is -2.27. The van der Waals surface area contributed by atoms with Crippen molar-refractivity contribution in [1.29, 1.82) is 0 Å². The Labute approximate surface area is 97.7 Å². The van der Waals surface area contributed by atoms with Crippen molar-refractivity contribution in [2.24, 2.45) is 0 Å². The summed E-state index contributed by atoms with van der Waals surface area (Å²) in [6.07, 6.45) is 6.50. The average molecular weight is 222 g/mol. The predicted molar refractivity (Wildman–Crippen MR) is 65.6 cm³/mol. The van der Waals surface area contributed by atoms with Gasteiger partial charge in [-0.25, -0.2) is 4.98 Å². The zero-order chi connectivity index (χ0) is 11.4. The van der Waals surface area contributed by atoms with E-state index in [2.05, 4.69) is 33.9 Å². The van der Waals surface area contributed by atoms with E-state index in [-0.39, 0.29) is 0 Å². The van der Waals surface area contributed by atoms with Crippen LogP contribution in [-0.4, -0.2) is 48.2 Å². The molecule has 1 aromatic heterocycles. The number of nitrogens with zero attached hydrogens (tertiary/aromatic N) is 3. The molecule has 4 heteroatoms. The summed E-state index contributed by atoms with van der Waals surface area (Å²) in [6.45, 7) is 4.52. The van der Waals surface area contributed by atoms with Gasteiger partial charge in [-0.3, -0.25) is 0 Å². The van der Waals surface area contributed by atoms with Crippen LogP contribution in [0.4, 0.5) is 0 Å². The summed E-state index contributed by atoms with van der Waals surface area (Å²) >= 11 is 0. The third kappa shape index (κ3) is 2.83. The molecule has 2 heterocycles. The standard InChI is InChI=1S/C12H22N4/c1-15(2)5-3-4-6-16-10-14-9-12(16)11-7-13-8-11/h9-11,13H,3-8H2,1-2H3. The van der Waals surface area contributed by atoms with Crippen molar-refractivity contribution in [3.05, 3.63) is 18.2 Å². The van der Waals surface area contributed by atoms with Gasteiger partial charge in [-0.2, -0.15) is 0 Å². The number of rotatable bonds is 6. The van der Waals surface area contributed by atoms with Crippen LogP contribution in [0.15, 0.2) is 12.5 Å². The molecule has 90 valence electrons. The van der Waals surface area contributed by atoms with Crippen LogP contribution >= 0.6 is 0 Å². The van der Waals surface area contributed by atoms with Gasteiger partial charge in [-0.1, -0.05) is 0 Å². The summed E-state index contributed by atoms with van der Waals surface area (Å²) in [7, 11) is 4.26. The van der Waals surface area contributed by atoms with Crippen LogP contribution < -0.4 is 5.32 Å². The van der Waals surface area contributed by atoms with Crippen molar-refractivity contribution in [1.82, 2.24) is 19.8 Å². The molecule has 0 amide bonds. The van der Waals surface area contributed by atoms with E-state index in [1.165, 1.54) is 25.1 Å². The zero-order valence-electron chi connectivity index (χ0n) is 10.3. The van der Waals surface area contributed by atoms with E-state index < -0.39 is 0 Å². The van der Waals surface area contributed by atoms with Crippen molar-refractivity contribution in [3.8, 4) is 0 Å². The lowest BCUT2D eigenvalue weighted by Crippen LogP contribution is -2.40. The Morgan fingerprint density at radius 2 is 2.25 bits per heavy atom. The quantitative estimate of drug-likeness (QED) is 0.726. The molecule has 16 heavy (non-hydrogen) atoms. The van der Waals surface area contributed by atoms with Gasteiger partial charge in [0.1, 0.15) is 0 Å². The van der Waals surface area contributed by atoms with Gasteiger partial charge >= 0.3 is 0 Å². The molecule has 0 radical (unpaired) electrons. The maximum absolute atomic E-state index is 4.26. The second-order valence-electron chi connectivity index (χ2n) is 4.88. The topological polar surface area (TPSA) is 33.1 Å². The van der Waals surface area contributed by atoms with E-state index in [0.717, 1.165) is 19.6 Å². The molecule has 1 aromatic rings. The Morgan fingerprint density at radius 1 is 1.44 bits per heavy atom. The first-order valence-electron chi connectivity index (χ1n) is 6.13. The molecule has 1 N–H and O–H groups in total. The van der Waals surface area contributed by atoms with Crippen molar-refractivity contribution >= 4 is 0 Å². The number of nitrogens with one attached hydrogen (secondary N) is 1. The third-order valence-electron chi connectivity index (χ3n) is 3.20. The van der Waals surface area contributed by atoms with E-state index >= 15 is 0 Å². The molecule has 1 aliphatic rings. The molecule has 1 fully saturated rings. The molecule has 0 unspecified atom stereocenters. The van der Waals surface area contributed by atoms with Crippen molar-refractivity contribution in [2.45, 2.75) is 25.3 Å². The van der Waals surface area contributed by atoms with Crippen molar-refractivity contribution in [3.63, 3.8) is 0 Å². The molecule has 0 aliphatic carbocycles. The fourth-order valence-electron chi connectivity index (χ4n) is 2.07. The van der Waals surface area contributed by atoms with Gasteiger partial charge in [0.25, 0.3) is 0 Å². The predicted octanol–water partition coefficient (Wildman–Crippen LogP) is 0.912. The maximum atomic E-state index is 4.26. The van der Waals surface area contributed by atoms with Gasteiger partial charge < -0.3 is 14.8 Å². The molecule has 0 aromatic carbocycles. The van der Waals surface area contributed by atoms with E-state index in [9.17, 15) is 0 Å². The lowest BCUT2D eigenvalue weighted by atomic mass is 10.00. The highest BCUT2D eigenvalue weighted by molar-refractivity contribution is 5.11. The average Bonchev–Trinajstić information content (AvgIpc) is 2.58. The molecule has 0 bridgehead atoms. The van der Waals surface area contributed by atoms with Gasteiger partial charge in [0.15, 0.2) is 0 Å². The molecule has 0 spiro atoms. The summed E-state index contributed by atoms with van der Waals surface area (Å²) in [5.74, 6) is 0.691. The molecule has 0 saturated carbocycles. The van der Waals surface area contributed by atoms with Crippen molar-refractivity contribution < 1.29 is 0 Å². The fraction of sp³-hybridized carbons (Fsp3) is 0.750. The van der Waals surface area contributed by atoms with Crippen LogP contribution in [-0.2, 0) is 6.54 Å². The first kappa shape index (κ1) is 11.6. The summed E-state index contributed by atoms with van der Waals surface area (Å²) in [6, 6.07) is 0. The first-order valence-corrected chi connectivity index (χ1v) is 6.13. The number of imidazole rings is 1. The van der Waals surface area contributed by atoms with Crippen LogP contribution in [0.5, 0.6) is 0 Å². The highest BCUT2D eigenvalue weighted by Gasteiger charge is 2.21. The van der Waals surface area contributed by atoms with Crippen LogP contribution in [0, 0.1) is 0 Å². The molecule has 1 saturated heterocycles. The van der Waals surface area contributed by atoms with E-state index in [1.807, 2.05) is 12.5 Å². The first-order chi connectivity index (χ1) is 7.77. The van der Waals surface area contributed by atoms with Gasteiger partial charge in [0.05, 0.1) is 6.33 Å².